The summed E-state index contributed by atoms with van der Waals surface area (Å²) in [6.07, 6.45) is -3.61. The highest BCUT2D eigenvalue weighted by atomic mass is 16.4. The van der Waals surface area contributed by atoms with E-state index in [1.165, 1.54) is 0 Å². The fourth-order valence-electron chi connectivity index (χ4n) is 1.11. The molecule has 0 aliphatic rings. The first-order chi connectivity index (χ1) is 6.77. The molecule has 2 amide bonds. The lowest BCUT2D eigenvalue weighted by Crippen LogP contribution is -2.48. The minimum absolute atomic E-state index is 0.0477. The zero-order chi connectivity index (χ0) is 12.2. The van der Waals surface area contributed by atoms with Gasteiger partial charge in [-0.1, -0.05) is 13.8 Å². The monoisotopic (exact) mass is 219 g/mol. The molecule has 0 aliphatic heterocycles. The average Bonchev–Trinajstić information content (AvgIpc) is 2.00. The molecule has 0 rings (SSSR count). The molecule has 7 heteroatoms. The molecule has 0 spiro atoms. The van der Waals surface area contributed by atoms with Crippen LogP contribution < -0.4 is 0 Å². The predicted octanol–water partition coefficient (Wildman–Crippen LogP) is 1.14. The molecule has 0 aromatic carbocycles. The lowest BCUT2D eigenvalue weighted by molar-refractivity contribution is -0.142. The molecular formula is C8H13NO6. The van der Waals surface area contributed by atoms with E-state index in [4.69, 9.17) is 15.3 Å². The van der Waals surface area contributed by atoms with Gasteiger partial charge < -0.3 is 15.3 Å². The van der Waals surface area contributed by atoms with Gasteiger partial charge in [-0.25, -0.2) is 14.4 Å². The van der Waals surface area contributed by atoms with Crippen molar-refractivity contribution in [3.05, 3.63) is 0 Å². The van der Waals surface area contributed by atoms with E-state index in [1.807, 2.05) is 0 Å². The van der Waals surface area contributed by atoms with E-state index in [-0.39, 0.29) is 17.2 Å². The smallest absolute Gasteiger partial charge is 0.417 e. The van der Waals surface area contributed by atoms with Crippen LogP contribution in [-0.2, 0) is 4.79 Å². The fraction of sp³-hybridized carbons (Fsp3) is 0.625. The van der Waals surface area contributed by atoms with Crippen molar-refractivity contribution in [2.45, 2.75) is 26.3 Å². The molecule has 0 saturated heterocycles. The second kappa shape index (κ2) is 5.18. The predicted molar refractivity (Wildman–Crippen MR) is 48.8 cm³/mol. The molecule has 0 radical (unpaired) electrons. The first kappa shape index (κ1) is 13.2. The van der Waals surface area contributed by atoms with E-state index in [0.29, 0.717) is 0 Å². The minimum atomic E-state index is -1.78. The number of amides is 2. The molecule has 0 fully saturated rings. The van der Waals surface area contributed by atoms with Gasteiger partial charge in [0.25, 0.3) is 0 Å². The summed E-state index contributed by atoms with van der Waals surface area (Å²) in [7, 11) is 0. The number of rotatable bonds is 4. The van der Waals surface area contributed by atoms with Crippen LogP contribution in [0.15, 0.2) is 0 Å². The summed E-state index contributed by atoms with van der Waals surface area (Å²) < 4.78 is 0. The molecule has 0 aromatic rings. The van der Waals surface area contributed by atoms with Crippen LogP contribution in [0.3, 0.4) is 0 Å². The molecule has 0 aromatic heterocycles. The Morgan fingerprint density at radius 2 is 1.47 bits per heavy atom. The molecule has 0 aliphatic carbocycles. The number of hydrogen-bond acceptors (Lipinski definition) is 3. The third-order valence-corrected chi connectivity index (χ3v) is 1.70. The van der Waals surface area contributed by atoms with E-state index < -0.39 is 24.2 Å². The Hall–Kier alpha value is -1.79. The topological polar surface area (TPSA) is 115 Å². The van der Waals surface area contributed by atoms with Gasteiger partial charge >= 0.3 is 18.2 Å². The molecule has 1 atom stereocenters. The quantitative estimate of drug-likeness (QED) is 0.653. The lowest BCUT2D eigenvalue weighted by atomic mass is 10.0. The molecular weight excluding hydrogens is 206 g/mol. The Morgan fingerprint density at radius 3 is 1.67 bits per heavy atom. The SMILES string of the molecule is CC(C)C[C@@H](C(=O)O)N(C(=O)O)C(=O)O. The number of imide groups is 1. The van der Waals surface area contributed by atoms with Crippen LogP contribution in [0.1, 0.15) is 20.3 Å². The third kappa shape index (κ3) is 3.84. The molecule has 0 heterocycles. The van der Waals surface area contributed by atoms with E-state index in [1.54, 1.807) is 13.8 Å². The molecule has 3 N–H and O–H groups in total. The van der Waals surface area contributed by atoms with Crippen LogP contribution in [0.4, 0.5) is 9.59 Å². The summed E-state index contributed by atoms with van der Waals surface area (Å²) in [5.41, 5.74) is 0. The van der Waals surface area contributed by atoms with Crippen molar-refractivity contribution in [2.75, 3.05) is 0 Å². The molecule has 0 bridgehead atoms. The van der Waals surface area contributed by atoms with Crippen molar-refractivity contribution in [2.24, 2.45) is 5.92 Å². The van der Waals surface area contributed by atoms with Crippen molar-refractivity contribution in [3.8, 4) is 0 Å². The van der Waals surface area contributed by atoms with Gasteiger partial charge in [-0.3, -0.25) is 0 Å². The highest BCUT2D eigenvalue weighted by Crippen LogP contribution is 2.12. The van der Waals surface area contributed by atoms with E-state index in [0.717, 1.165) is 0 Å². The molecule has 15 heavy (non-hydrogen) atoms. The fourth-order valence-corrected chi connectivity index (χ4v) is 1.11. The van der Waals surface area contributed by atoms with Crippen molar-refractivity contribution in [1.82, 2.24) is 4.90 Å². The maximum Gasteiger partial charge on any atom is 0.417 e. The Kier molecular flexibility index (Phi) is 4.56. The van der Waals surface area contributed by atoms with Crippen LogP contribution >= 0.6 is 0 Å². The largest absolute Gasteiger partial charge is 0.480 e. The second-order valence-electron chi connectivity index (χ2n) is 3.42. The van der Waals surface area contributed by atoms with Crippen LogP contribution in [0.5, 0.6) is 0 Å². The molecule has 0 unspecified atom stereocenters. The zero-order valence-corrected chi connectivity index (χ0v) is 8.38. The second-order valence-corrected chi connectivity index (χ2v) is 3.42. The van der Waals surface area contributed by atoms with Gasteiger partial charge in [0, 0.05) is 0 Å². The summed E-state index contributed by atoms with van der Waals surface area (Å²) in [6, 6.07) is -1.56. The van der Waals surface area contributed by atoms with Crippen molar-refractivity contribution >= 4 is 18.2 Å². The normalized spacial score (nSPS) is 12.2. The number of nitrogens with zero attached hydrogens (tertiary/aromatic N) is 1. The Morgan fingerprint density at radius 1 is 1.07 bits per heavy atom. The summed E-state index contributed by atoms with van der Waals surface area (Å²) in [5.74, 6) is -1.58. The maximum atomic E-state index is 10.7. The van der Waals surface area contributed by atoms with Crippen LogP contribution in [0, 0.1) is 5.92 Å². The summed E-state index contributed by atoms with van der Waals surface area (Å²) in [4.78, 5) is 31.7. The van der Waals surface area contributed by atoms with Crippen molar-refractivity contribution in [3.63, 3.8) is 0 Å². The van der Waals surface area contributed by atoms with E-state index >= 15 is 0 Å². The summed E-state index contributed by atoms with van der Waals surface area (Å²) in [6.45, 7) is 3.36. The highest BCUT2D eigenvalue weighted by molar-refractivity contribution is 5.91. The van der Waals surface area contributed by atoms with Gasteiger partial charge in [-0.05, 0) is 12.3 Å². The molecule has 86 valence electrons. The lowest BCUT2D eigenvalue weighted by Gasteiger charge is -2.22. The number of carboxylic acids is 1. The van der Waals surface area contributed by atoms with Gasteiger partial charge in [0.15, 0.2) is 0 Å². The first-order valence-electron chi connectivity index (χ1n) is 4.25. The Labute approximate surface area is 85.9 Å². The van der Waals surface area contributed by atoms with E-state index in [9.17, 15) is 14.4 Å². The molecule has 7 nitrogen and oxygen atoms in total. The standard InChI is InChI=1S/C8H13NO6/c1-4(2)3-5(6(10)11)9(7(12)13)8(14)15/h4-5H,3H2,1-2H3,(H,10,11)(H,12,13)(H,14,15)/t5-/m0/s1. The van der Waals surface area contributed by atoms with Gasteiger partial charge in [-0.2, -0.15) is 4.90 Å². The number of hydrogen-bond donors (Lipinski definition) is 3. The van der Waals surface area contributed by atoms with Crippen LogP contribution in [-0.4, -0.2) is 44.4 Å². The number of aliphatic carboxylic acids is 1. The van der Waals surface area contributed by atoms with Crippen LogP contribution in [0.2, 0.25) is 0 Å². The minimum Gasteiger partial charge on any atom is -0.480 e. The van der Waals surface area contributed by atoms with Gasteiger partial charge in [-0.15, -0.1) is 0 Å². The highest BCUT2D eigenvalue weighted by Gasteiger charge is 2.35. The Bertz CT molecular complexity index is 260. The zero-order valence-electron chi connectivity index (χ0n) is 8.38. The van der Waals surface area contributed by atoms with Gasteiger partial charge in [0.2, 0.25) is 0 Å². The third-order valence-electron chi connectivity index (χ3n) is 1.70. The van der Waals surface area contributed by atoms with Gasteiger partial charge in [0.1, 0.15) is 6.04 Å². The van der Waals surface area contributed by atoms with Crippen molar-refractivity contribution < 1.29 is 29.7 Å². The van der Waals surface area contributed by atoms with Crippen molar-refractivity contribution in [1.29, 1.82) is 0 Å². The van der Waals surface area contributed by atoms with E-state index in [2.05, 4.69) is 0 Å². The Balaban J connectivity index is 4.92. The van der Waals surface area contributed by atoms with Crippen LogP contribution in [0.25, 0.3) is 0 Å². The summed E-state index contributed by atoms with van der Waals surface area (Å²) >= 11 is 0. The first-order valence-corrected chi connectivity index (χ1v) is 4.25. The summed E-state index contributed by atoms with van der Waals surface area (Å²) in [5, 5.41) is 25.8. The number of carbonyl (C=O) groups is 3. The molecule has 0 saturated carbocycles. The average molecular weight is 219 g/mol. The number of carboxylic acid groups (broad SMARTS) is 3. The maximum absolute atomic E-state index is 10.7. The van der Waals surface area contributed by atoms with Gasteiger partial charge in [0.05, 0.1) is 0 Å².